The van der Waals surface area contributed by atoms with Gasteiger partial charge in [0, 0.05) is 18.1 Å². The van der Waals surface area contributed by atoms with Gasteiger partial charge in [-0.1, -0.05) is 48.5 Å². The Morgan fingerprint density at radius 1 is 1.07 bits per heavy atom. The fourth-order valence-corrected chi connectivity index (χ4v) is 5.01. The summed E-state index contributed by atoms with van der Waals surface area (Å²) >= 11 is 1.36. The summed E-state index contributed by atoms with van der Waals surface area (Å²) in [5.74, 6) is -1.17. The molecular weight excluding hydrogens is 528 g/mol. The molecular formula is C30H28N4O5S. The van der Waals surface area contributed by atoms with E-state index in [1.807, 2.05) is 74.7 Å². The van der Waals surface area contributed by atoms with Crippen molar-refractivity contribution in [2.45, 2.75) is 39.3 Å². The van der Waals surface area contributed by atoms with Crippen LogP contribution in [0.2, 0.25) is 0 Å². The lowest BCUT2D eigenvalue weighted by molar-refractivity contribution is 0.0544. The van der Waals surface area contributed by atoms with Gasteiger partial charge in [0.1, 0.15) is 5.60 Å². The van der Waals surface area contributed by atoms with E-state index < -0.39 is 28.9 Å². The Kier molecular flexibility index (Phi) is 7.27. The fraction of sp³-hybridized carbons (Fsp3) is 0.200. The number of para-hydroxylation sites is 1. The van der Waals surface area contributed by atoms with E-state index in [4.69, 9.17) is 4.74 Å². The molecule has 0 saturated carbocycles. The molecule has 2 aromatic carbocycles. The van der Waals surface area contributed by atoms with Gasteiger partial charge in [0.15, 0.2) is 11.5 Å². The smallest absolute Gasteiger partial charge is 0.419 e. The van der Waals surface area contributed by atoms with Crippen molar-refractivity contribution >= 4 is 34.2 Å². The maximum Gasteiger partial charge on any atom is 0.419 e. The number of carbonyl (C=O) groups is 2. The molecule has 10 heteroatoms. The maximum absolute atomic E-state index is 12.9. The van der Waals surface area contributed by atoms with E-state index in [2.05, 4.69) is 15.3 Å². The summed E-state index contributed by atoms with van der Waals surface area (Å²) in [7, 11) is 0. The highest BCUT2D eigenvalue weighted by atomic mass is 32.1. The first-order valence-corrected chi connectivity index (χ1v) is 13.5. The average Bonchev–Trinajstić information content (AvgIpc) is 3.57. The summed E-state index contributed by atoms with van der Waals surface area (Å²) in [6, 6.07) is 18.9. The van der Waals surface area contributed by atoms with E-state index in [0.29, 0.717) is 11.3 Å². The summed E-state index contributed by atoms with van der Waals surface area (Å²) < 4.78 is 7.12. The molecule has 1 amide bonds. The van der Waals surface area contributed by atoms with E-state index in [-0.39, 0.29) is 18.1 Å². The summed E-state index contributed by atoms with van der Waals surface area (Å²) in [5, 5.41) is 15.7. The molecule has 0 radical (unpaired) electrons. The predicted molar refractivity (Wildman–Crippen MR) is 154 cm³/mol. The minimum Gasteiger partial charge on any atom is -0.501 e. The molecule has 0 aliphatic heterocycles. The highest BCUT2D eigenvalue weighted by molar-refractivity contribution is 7.13. The lowest BCUT2D eigenvalue weighted by atomic mass is 10.0. The van der Waals surface area contributed by atoms with E-state index in [1.54, 1.807) is 18.3 Å². The number of fused-ring (bicyclic) bond motifs is 1. The van der Waals surface area contributed by atoms with Gasteiger partial charge in [-0.2, -0.15) is 0 Å². The second-order valence-corrected chi connectivity index (χ2v) is 11.2. The van der Waals surface area contributed by atoms with Crippen LogP contribution < -0.4 is 10.9 Å². The number of benzene rings is 2. The molecule has 40 heavy (non-hydrogen) atoms. The number of aromatic hydroxyl groups is 1. The number of thiophene rings is 1. The zero-order chi connectivity index (χ0) is 28.4. The molecule has 204 valence electrons. The van der Waals surface area contributed by atoms with Gasteiger partial charge in [-0.15, -0.1) is 11.3 Å². The molecule has 0 saturated heterocycles. The number of hydrogen-bond donors (Lipinski definition) is 3. The van der Waals surface area contributed by atoms with Gasteiger partial charge in [0.2, 0.25) is 5.75 Å². The van der Waals surface area contributed by atoms with E-state index >= 15 is 0 Å². The van der Waals surface area contributed by atoms with Crippen LogP contribution in [0.5, 0.6) is 5.75 Å². The molecule has 0 bridgehead atoms. The predicted octanol–water partition coefficient (Wildman–Crippen LogP) is 5.46. The van der Waals surface area contributed by atoms with Crippen molar-refractivity contribution in [1.82, 2.24) is 19.9 Å². The second kappa shape index (κ2) is 10.8. The number of rotatable bonds is 6. The number of carbonyl (C=O) groups excluding carboxylic acids is 2. The van der Waals surface area contributed by atoms with Crippen molar-refractivity contribution in [3.63, 3.8) is 0 Å². The Morgan fingerprint density at radius 2 is 1.85 bits per heavy atom. The monoisotopic (exact) mass is 556 g/mol. The number of aromatic nitrogens is 3. The van der Waals surface area contributed by atoms with Crippen molar-refractivity contribution in [2.24, 2.45) is 0 Å². The van der Waals surface area contributed by atoms with Crippen molar-refractivity contribution in [1.29, 1.82) is 0 Å². The van der Waals surface area contributed by atoms with Crippen molar-refractivity contribution in [3.8, 4) is 16.5 Å². The molecule has 0 spiro atoms. The minimum absolute atomic E-state index is 0.161. The van der Waals surface area contributed by atoms with Crippen LogP contribution in [-0.4, -0.2) is 37.2 Å². The van der Waals surface area contributed by atoms with Gasteiger partial charge in [-0.05, 0) is 61.4 Å². The molecule has 0 aliphatic carbocycles. The molecule has 0 unspecified atom stereocenters. The lowest BCUT2D eigenvalue weighted by Crippen LogP contribution is -2.26. The molecule has 3 N–H and O–H groups in total. The first kappa shape index (κ1) is 26.9. The second-order valence-electron chi connectivity index (χ2n) is 10.3. The van der Waals surface area contributed by atoms with E-state index in [1.165, 1.54) is 15.9 Å². The van der Waals surface area contributed by atoms with Crippen LogP contribution in [0.25, 0.3) is 21.6 Å². The third kappa shape index (κ3) is 5.81. The summed E-state index contributed by atoms with van der Waals surface area (Å²) in [6.45, 7) is 5.65. The van der Waals surface area contributed by atoms with Crippen LogP contribution in [0.15, 0.2) is 77.0 Å². The van der Waals surface area contributed by atoms with E-state index in [9.17, 15) is 19.5 Å². The van der Waals surface area contributed by atoms with Crippen molar-refractivity contribution in [3.05, 3.63) is 105 Å². The molecule has 0 aliphatic rings. The van der Waals surface area contributed by atoms with Gasteiger partial charge in [0.25, 0.3) is 11.5 Å². The van der Waals surface area contributed by atoms with Gasteiger partial charge in [0.05, 0.1) is 10.4 Å². The van der Waals surface area contributed by atoms with Crippen LogP contribution in [0.3, 0.4) is 0 Å². The van der Waals surface area contributed by atoms with Crippen LogP contribution in [-0.2, 0) is 17.7 Å². The number of aromatic amines is 1. The Bertz CT molecular complexity index is 1760. The number of amides is 1. The van der Waals surface area contributed by atoms with Crippen LogP contribution in [0.1, 0.15) is 48.0 Å². The number of H-pyrrole nitrogens is 1. The molecule has 3 aromatic heterocycles. The van der Waals surface area contributed by atoms with E-state index in [0.717, 1.165) is 27.6 Å². The number of nitrogens with zero attached hydrogens (tertiary/aromatic N) is 2. The molecule has 9 nitrogen and oxygen atoms in total. The first-order chi connectivity index (χ1) is 19.1. The Balaban J connectivity index is 1.34. The topological polar surface area (TPSA) is 126 Å². The lowest BCUT2D eigenvalue weighted by Gasteiger charge is -2.19. The Labute approximate surface area is 234 Å². The molecule has 5 aromatic rings. The number of nitrogens with one attached hydrogen (secondary N) is 2. The molecule has 0 atom stereocenters. The van der Waals surface area contributed by atoms with Gasteiger partial charge in [-0.3, -0.25) is 14.2 Å². The zero-order valence-corrected chi connectivity index (χ0v) is 23.0. The third-order valence-corrected chi connectivity index (χ3v) is 6.96. The van der Waals surface area contributed by atoms with Gasteiger partial charge in [-0.25, -0.2) is 9.78 Å². The van der Waals surface area contributed by atoms with Crippen LogP contribution >= 0.6 is 11.3 Å². The Hall–Kier alpha value is -4.70. The quantitative estimate of drug-likeness (QED) is 0.255. The van der Waals surface area contributed by atoms with Crippen molar-refractivity contribution < 1.29 is 19.4 Å². The van der Waals surface area contributed by atoms with Crippen LogP contribution in [0.4, 0.5) is 4.79 Å². The number of ether oxygens (including phenoxy) is 1. The standard InChI is InChI=1S/C30H28N4O5S/c1-30(2,3)39-29(38)34-17-20(21-10-4-5-11-22(21)34)15-18-8-6-9-19(14-18)16-31-27(36)24-25(35)28(37)33-26(32-24)23-12-7-13-40-23/h4-14,17,35H,15-16H2,1-3H3,(H,31,36)(H,32,33,37). The van der Waals surface area contributed by atoms with Crippen molar-refractivity contribution in [2.75, 3.05) is 0 Å². The normalized spacial score (nSPS) is 11.5. The fourth-order valence-electron chi connectivity index (χ4n) is 4.34. The largest absolute Gasteiger partial charge is 0.501 e. The maximum atomic E-state index is 12.9. The van der Waals surface area contributed by atoms with Gasteiger partial charge >= 0.3 is 6.09 Å². The Morgan fingerprint density at radius 3 is 2.60 bits per heavy atom. The SMILES string of the molecule is CC(C)(C)OC(=O)n1cc(Cc2cccc(CNC(=O)c3nc(-c4cccs4)[nH]c(=O)c3O)c2)c2ccccc21. The van der Waals surface area contributed by atoms with Gasteiger partial charge < -0.3 is 20.1 Å². The number of hydrogen-bond acceptors (Lipinski definition) is 7. The summed E-state index contributed by atoms with van der Waals surface area (Å²) in [5.41, 5.74) is 1.80. The summed E-state index contributed by atoms with van der Waals surface area (Å²) in [4.78, 5) is 45.3. The summed E-state index contributed by atoms with van der Waals surface area (Å²) in [6.07, 6.45) is 1.92. The highest BCUT2D eigenvalue weighted by Gasteiger charge is 2.21. The van der Waals surface area contributed by atoms with Crippen LogP contribution in [0, 0.1) is 0 Å². The highest BCUT2D eigenvalue weighted by Crippen LogP contribution is 2.26. The third-order valence-electron chi connectivity index (χ3n) is 6.09. The molecule has 3 heterocycles. The average molecular weight is 557 g/mol. The molecule has 0 fully saturated rings. The minimum atomic E-state index is -0.781. The first-order valence-electron chi connectivity index (χ1n) is 12.6. The zero-order valence-electron chi connectivity index (χ0n) is 22.2. The molecule has 5 rings (SSSR count).